The maximum atomic E-state index is 11.1. The summed E-state index contributed by atoms with van der Waals surface area (Å²) in [6.45, 7) is 8.42. The van der Waals surface area contributed by atoms with Crippen LogP contribution in [-0.2, 0) is 11.3 Å². The molecule has 3 rings (SSSR count). The number of hydrogen-bond donors (Lipinski definition) is 1. The second-order valence-electron chi connectivity index (χ2n) is 5.98. The van der Waals surface area contributed by atoms with Gasteiger partial charge in [0, 0.05) is 44.4 Å². The topological polar surface area (TPSA) is 63.3 Å². The highest BCUT2D eigenvalue weighted by Gasteiger charge is 2.25. The number of nitrogens with zero attached hydrogens (tertiary/aromatic N) is 3. The minimum absolute atomic E-state index is 0.0934. The third-order valence-electron chi connectivity index (χ3n) is 4.07. The molecule has 1 N–H and O–H groups in total. The first-order valence-corrected chi connectivity index (χ1v) is 7.62. The molecule has 6 heteroatoms. The van der Waals surface area contributed by atoms with Gasteiger partial charge in [-0.25, -0.2) is 0 Å². The van der Waals surface area contributed by atoms with Gasteiger partial charge in [-0.1, -0.05) is 0 Å². The SMILES string of the molecule is CC(=O)Nc1ccn([C@H]2CCN(Cc3cc(C)oc3C)C2)n1. The number of aromatic nitrogens is 2. The molecule has 0 radical (unpaired) electrons. The molecule has 3 heterocycles. The molecule has 22 heavy (non-hydrogen) atoms. The zero-order valence-corrected chi connectivity index (χ0v) is 13.3. The van der Waals surface area contributed by atoms with Gasteiger partial charge in [0.1, 0.15) is 11.5 Å². The van der Waals surface area contributed by atoms with Crippen LogP contribution in [0.2, 0.25) is 0 Å². The number of nitrogens with one attached hydrogen (secondary N) is 1. The first-order valence-electron chi connectivity index (χ1n) is 7.62. The molecule has 0 spiro atoms. The summed E-state index contributed by atoms with van der Waals surface area (Å²) in [6.07, 6.45) is 3.00. The molecule has 2 aromatic rings. The van der Waals surface area contributed by atoms with Gasteiger partial charge >= 0.3 is 0 Å². The fourth-order valence-electron chi connectivity index (χ4n) is 3.04. The van der Waals surface area contributed by atoms with E-state index in [4.69, 9.17) is 4.42 Å². The molecule has 0 aliphatic carbocycles. The van der Waals surface area contributed by atoms with Crippen LogP contribution in [0.3, 0.4) is 0 Å². The second-order valence-corrected chi connectivity index (χ2v) is 5.98. The summed E-state index contributed by atoms with van der Waals surface area (Å²) in [4.78, 5) is 13.5. The Balaban J connectivity index is 1.61. The summed E-state index contributed by atoms with van der Waals surface area (Å²) in [5, 5.41) is 7.15. The average molecular weight is 302 g/mol. The van der Waals surface area contributed by atoms with E-state index in [2.05, 4.69) is 21.4 Å². The van der Waals surface area contributed by atoms with Crippen LogP contribution in [0.1, 0.15) is 36.5 Å². The van der Waals surface area contributed by atoms with Gasteiger partial charge in [-0.2, -0.15) is 5.10 Å². The van der Waals surface area contributed by atoms with Gasteiger partial charge in [-0.3, -0.25) is 14.4 Å². The zero-order valence-electron chi connectivity index (χ0n) is 13.3. The number of anilines is 1. The van der Waals surface area contributed by atoms with Crippen molar-refractivity contribution in [2.75, 3.05) is 18.4 Å². The van der Waals surface area contributed by atoms with Crippen LogP contribution in [0.5, 0.6) is 0 Å². The van der Waals surface area contributed by atoms with E-state index in [1.165, 1.54) is 12.5 Å². The van der Waals surface area contributed by atoms with Crippen LogP contribution in [0, 0.1) is 13.8 Å². The third-order valence-corrected chi connectivity index (χ3v) is 4.07. The molecule has 1 aliphatic rings. The van der Waals surface area contributed by atoms with E-state index in [1.807, 2.05) is 30.8 Å². The number of carbonyl (C=O) groups is 1. The van der Waals surface area contributed by atoms with E-state index in [0.29, 0.717) is 11.9 Å². The molecule has 1 fully saturated rings. The fourth-order valence-corrected chi connectivity index (χ4v) is 3.04. The van der Waals surface area contributed by atoms with Gasteiger partial charge in [0.25, 0.3) is 0 Å². The molecular formula is C16H22N4O2. The summed E-state index contributed by atoms with van der Waals surface area (Å²) < 4.78 is 7.55. The highest BCUT2D eigenvalue weighted by atomic mass is 16.3. The molecule has 1 aliphatic heterocycles. The standard InChI is InChI=1S/C16H22N4O2/c1-11-8-14(12(2)22-11)9-19-6-4-15(10-19)20-7-5-16(18-20)17-13(3)21/h5,7-8,15H,4,6,9-10H2,1-3H3,(H,17,18,21)/t15-/m0/s1. The Labute approximate surface area is 130 Å². The van der Waals surface area contributed by atoms with E-state index in [0.717, 1.165) is 37.6 Å². The van der Waals surface area contributed by atoms with Gasteiger partial charge in [0.2, 0.25) is 5.91 Å². The predicted molar refractivity (Wildman–Crippen MR) is 83.6 cm³/mol. The van der Waals surface area contributed by atoms with E-state index in [-0.39, 0.29) is 5.91 Å². The van der Waals surface area contributed by atoms with Crippen molar-refractivity contribution in [3.63, 3.8) is 0 Å². The highest BCUT2D eigenvalue weighted by molar-refractivity contribution is 5.87. The Morgan fingerprint density at radius 2 is 2.32 bits per heavy atom. The van der Waals surface area contributed by atoms with E-state index in [9.17, 15) is 4.79 Å². The molecule has 0 aromatic carbocycles. The third kappa shape index (κ3) is 3.22. The average Bonchev–Trinajstić information content (AvgIpc) is 3.11. The smallest absolute Gasteiger partial charge is 0.222 e. The number of aryl methyl sites for hydroxylation is 2. The van der Waals surface area contributed by atoms with Crippen molar-refractivity contribution < 1.29 is 9.21 Å². The molecule has 1 saturated heterocycles. The Morgan fingerprint density at radius 3 is 3.00 bits per heavy atom. The lowest BCUT2D eigenvalue weighted by molar-refractivity contribution is -0.114. The minimum Gasteiger partial charge on any atom is -0.466 e. The Bertz CT molecular complexity index is 673. The lowest BCUT2D eigenvalue weighted by atomic mass is 10.2. The molecule has 118 valence electrons. The van der Waals surface area contributed by atoms with Crippen LogP contribution < -0.4 is 5.32 Å². The molecule has 0 bridgehead atoms. The molecule has 0 saturated carbocycles. The molecule has 0 unspecified atom stereocenters. The maximum absolute atomic E-state index is 11.1. The maximum Gasteiger partial charge on any atom is 0.222 e. The van der Waals surface area contributed by atoms with Crippen molar-refractivity contribution in [2.24, 2.45) is 0 Å². The number of likely N-dealkylation sites (tertiary alicyclic amines) is 1. The van der Waals surface area contributed by atoms with Crippen molar-refractivity contribution in [1.29, 1.82) is 0 Å². The molecule has 1 atom stereocenters. The number of amides is 1. The fraction of sp³-hybridized carbons (Fsp3) is 0.500. The number of hydrogen-bond acceptors (Lipinski definition) is 4. The van der Waals surface area contributed by atoms with E-state index < -0.39 is 0 Å². The van der Waals surface area contributed by atoms with Crippen LogP contribution in [-0.4, -0.2) is 33.7 Å². The largest absolute Gasteiger partial charge is 0.466 e. The van der Waals surface area contributed by atoms with Gasteiger partial charge in [-0.15, -0.1) is 0 Å². The minimum atomic E-state index is -0.0934. The monoisotopic (exact) mass is 302 g/mol. The van der Waals surface area contributed by atoms with Crippen molar-refractivity contribution in [2.45, 2.75) is 39.8 Å². The van der Waals surface area contributed by atoms with Gasteiger partial charge in [0.15, 0.2) is 5.82 Å². The molecular weight excluding hydrogens is 280 g/mol. The summed E-state index contributed by atoms with van der Waals surface area (Å²) in [6, 6.07) is 4.31. The Hall–Kier alpha value is -2.08. The highest BCUT2D eigenvalue weighted by Crippen LogP contribution is 2.25. The van der Waals surface area contributed by atoms with Crippen molar-refractivity contribution in [1.82, 2.24) is 14.7 Å². The summed E-state index contributed by atoms with van der Waals surface area (Å²) in [5.74, 6) is 2.50. The number of furan rings is 1. The summed E-state index contributed by atoms with van der Waals surface area (Å²) in [5.41, 5.74) is 1.26. The van der Waals surface area contributed by atoms with Gasteiger partial charge in [-0.05, 0) is 26.3 Å². The van der Waals surface area contributed by atoms with E-state index in [1.54, 1.807) is 0 Å². The summed E-state index contributed by atoms with van der Waals surface area (Å²) >= 11 is 0. The molecule has 2 aromatic heterocycles. The lowest BCUT2D eigenvalue weighted by Gasteiger charge is -2.15. The Kier molecular flexibility index (Phi) is 4.02. The first-order chi connectivity index (χ1) is 10.5. The van der Waals surface area contributed by atoms with Crippen LogP contribution >= 0.6 is 0 Å². The first kappa shape index (κ1) is 14.8. The van der Waals surface area contributed by atoms with Crippen LogP contribution in [0.25, 0.3) is 0 Å². The normalized spacial score (nSPS) is 18.8. The molecule has 6 nitrogen and oxygen atoms in total. The predicted octanol–water partition coefficient (Wildman–Crippen LogP) is 2.50. The van der Waals surface area contributed by atoms with Gasteiger partial charge < -0.3 is 9.73 Å². The number of rotatable bonds is 4. The van der Waals surface area contributed by atoms with Crippen LogP contribution in [0.4, 0.5) is 5.82 Å². The quantitative estimate of drug-likeness (QED) is 0.942. The van der Waals surface area contributed by atoms with Crippen molar-refractivity contribution >= 4 is 11.7 Å². The number of carbonyl (C=O) groups excluding carboxylic acids is 1. The zero-order chi connectivity index (χ0) is 15.7. The second kappa shape index (κ2) is 5.96. The summed E-state index contributed by atoms with van der Waals surface area (Å²) in [7, 11) is 0. The molecule has 1 amide bonds. The van der Waals surface area contributed by atoms with Crippen molar-refractivity contribution in [3.05, 3.63) is 35.4 Å². The lowest BCUT2D eigenvalue weighted by Crippen LogP contribution is -2.21. The Morgan fingerprint density at radius 1 is 1.50 bits per heavy atom. The van der Waals surface area contributed by atoms with Crippen LogP contribution in [0.15, 0.2) is 22.7 Å². The van der Waals surface area contributed by atoms with Crippen molar-refractivity contribution in [3.8, 4) is 0 Å². The van der Waals surface area contributed by atoms with E-state index >= 15 is 0 Å². The van der Waals surface area contributed by atoms with Gasteiger partial charge in [0.05, 0.1) is 6.04 Å².